The first-order chi connectivity index (χ1) is 16.9. The molecule has 0 aliphatic rings. The van der Waals surface area contributed by atoms with E-state index in [1.54, 1.807) is 24.3 Å². The van der Waals surface area contributed by atoms with Crippen molar-refractivity contribution in [3.63, 3.8) is 0 Å². The molecule has 3 N–H and O–H groups in total. The lowest BCUT2D eigenvalue weighted by Crippen LogP contribution is -2.34. The zero-order valence-electron chi connectivity index (χ0n) is 18.5. The third kappa shape index (κ3) is 5.97. The SMILES string of the molecule is Cc1ccc(NC(=O)NS(=O)(=O)c2ccc(CCNC(=O)c3c(F)c(F)c(F)c(F)c3F)cc2)cc1. The van der Waals surface area contributed by atoms with Crippen LogP contribution in [0, 0.1) is 36.0 Å². The molecule has 0 aromatic heterocycles. The van der Waals surface area contributed by atoms with Crippen LogP contribution in [0.5, 0.6) is 0 Å². The fourth-order valence-corrected chi connectivity index (χ4v) is 3.93. The molecule has 3 aromatic carbocycles. The lowest BCUT2D eigenvalue weighted by molar-refractivity contribution is 0.0942. The van der Waals surface area contributed by atoms with Crippen LogP contribution in [0.4, 0.5) is 32.4 Å². The Kier molecular flexibility index (Phi) is 7.93. The van der Waals surface area contributed by atoms with Crippen molar-refractivity contribution in [3.8, 4) is 0 Å². The molecular formula is C23H18F5N3O4S. The Hall–Kier alpha value is -4.00. The normalized spacial score (nSPS) is 11.2. The molecule has 0 heterocycles. The highest BCUT2D eigenvalue weighted by atomic mass is 32.2. The first-order valence-electron chi connectivity index (χ1n) is 10.2. The molecule has 3 rings (SSSR count). The summed E-state index contributed by atoms with van der Waals surface area (Å²) in [4.78, 5) is 23.7. The zero-order valence-corrected chi connectivity index (χ0v) is 19.3. The summed E-state index contributed by atoms with van der Waals surface area (Å²) in [6.45, 7) is 1.58. The Morgan fingerprint density at radius 1 is 0.778 bits per heavy atom. The first-order valence-corrected chi connectivity index (χ1v) is 11.7. The smallest absolute Gasteiger partial charge is 0.333 e. The summed E-state index contributed by atoms with van der Waals surface area (Å²) in [6, 6.07) is 10.8. The summed E-state index contributed by atoms with van der Waals surface area (Å²) >= 11 is 0. The molecule has 13 heteroatoms. The van der Waals surface area contributed by atoms with Crippen LogP contribution in [0.25, 0.3) is 0 Å². The van der Waals surface area contributed by atoms with E-state index in [0.29, 0.717) is 11.3 Å². The minimum absolute atomic E-state index is 0.0306. The van der Waals surface area contributed by atoms with Gasteiger partial charge in [0.1, 0.15) is 5.56 Å². The van der Waals surface area contributed by atoms with Gasteiger partial charge in [-0.1, -0.05) is 29.8 Å². The molecule has 0 aliphatic heterocycles. The zero-order chi connectivity index (χ0) is 26.6. The van der Waals surface area contributed by atoms with Crippen molar-refractivity contribution in [1.29, 1.82) is 0 Å². The maximum atomic E-state index is 13.7. The van der Waals surface area contributed by atoms with Crippen LogP contribution in [-0.4, -0.2) is 26.9 Å². The van der Waals surface area contributed by atoms with Gasteiger partial charge in [-0.25, -0.2) is 39.9 Å². The second-order valence-electron chi connectivity index (χ2n) is 7.52. The fourth-order valence-electron chi connectivity index (χ4n) is 3.02. The molecule has 0 unspecified atom stereocenters. The van der Waals surface area contributed by atoms with Crippen LogP contribution in [-0.2, 0) is 16.4 Å². The Morgan fingerprint density at radius 2 is 1.31 bits per heavy atom. The van der Waals surface area contributed by atoms with Crippen molar-refractivity contribution < 1.29 is 40.0 Å². The summed E-state index contributed by atoms with van der Waals surface area (Å²) in [5.41, 5.74) is 0.195. The van der Waals surface area contributed by atoms with Gasteiger partial charge >= 0.3 is 6.03 Å². The third-order valence-electron chi connectivity index (χ3n) is 4.91. The number of urea groups is 1. The molecule has 0 aliphatic carbocycles. The number of carbonyl (C=O) groups excluding carboxylic acids is 2. The molecule has 190 valence electrons. The monoisotopic (exact) mass is 527 g/mol. The van der Waals surface area contributed by atoms with E-state index in [1.807, 2.05) is 17.0 Å². The molecule has 3 aromatic rings. The molecule has 0 saturated heterocycles. The number of carbonyl (C=O) groups is 2. The minimum Gasteiger partial charge on any atom is -0.352 e. The highest BCUT2D eigenvalue weighted by Gasteiger charge is 2.29. The van der Waals surface area contributed by atoms with Crippen LogP contribution in [0.15, 0.2) is 53.4 Å². The van der Waals surface area contributed by atoms with Gasteiger partial charge in [0.15, 0.2) is 23.3 Å². The van der Waals surface area contributed by atoms with E-state index in [-0.39, 0.29) is 17.9 Å². The van der Waals surface area contributed by atoms with Gasteiger partial charge in [0.25, 0.3) is 15.9 Å². The van der Waals surface area contributed by atoms with Crippen molar-refractivity contribution in [2.75, 3.05) is 11.9 Å². The Labute approximate surface area is 202 Å². The van der Waals surface area contributed by atoms with Crippen LogP contribution < -0.4 is 15.4 Å². The van der Waals surface area contributed by atoms with Crippen LogP contribution in [0.3, 0.4) is 0 Å². The molecule has 0 bridgehead atoms. The van der Waals surface area contributed by atoms with E-state index in [9.17, 15) is 40.0 Å². The Bertz CT molecular complexity index is 1380. The summed E-state index contributed by atoms with van der Waals surface area (Å²) < 4.78 is 93.8. The average Bonchev–Trinajstić information content (AvgIpc) is 2.83. The second-order valence-corrected chi connectivity index (χ2v) is 9.20. The van der Waals surface area contributed by atoms with E-state index < -0.39 is 56.6 Å². The largest absolute Gasteiger partial charge is 0.352 e. The van der Waals surface area contributed by atoms with Gasteiger partial charge < -0.3 is 10.6 Å². The van der Waals surface area contributed by atoms with Gasteiger partial charge in [-0.3, -0.25) is 4.79 Å². The van der Waals surface area contributed by atoms with Crippen LogP contribution in [0.1, 0.15) is 21.5 Å². The van der Waals surface area contributed by atoms with E-state index in [1.165, 1.54) is 24.3 Å². The molecule has 36 heavy (non-hydrogen) atoms. The molecule has 0 radical (unpaired) electrons. The quantitative estimate of drug-likeness (QED) is 0.244. The van der Waals surface area contributed by atoms with Crippen molar-refractivity contribution in [2.24, 2.45) is 0 Å². The van der Waals surface area contributed by atoms with Crippen molar-refractivity contribution >= 4 is 27.6 Å². The number of benzene rings is 3. The number of hydrogen-bond donors (Lipinski definition) is 3. The summed E-state index contributed by atoms with van der Waals surface area (Å²) in [6.07, 6.45) is 0.0306. The van der Waals surface area contributed by atoms with Gasteiger partial charge in [0, 0.05) is 12.2 Å². The fraction of sp³-hybridized carbons (Fsp3) is 0.130. The topological polar surface area (TPSA) is 104 Å². The van der Waals surface area contributed by atoms with Crippen LogP contribution in [0.2, 0.25) is 0 Å². The third-order valence-corrected chi connectivity index (χ3v) is 6.25. The number of rotatable bonds is 7. The Balaban J connectivity index is 1.58. The van der Waals surface area contributed by atoms with Gasteiger partial charge in [0.2, 0.25) is 5.82 Å². The van der Waals surface area contributed by atoms with Crippen molar-refractivity contribution in [2.45, 2.75) is 18.2 Å². The van der Waals surface area contributed by atoms with Gasteiger partial charge in [-0.05, 0) is 43.2 Å². The number of hydrogen-bond acceptors (Lipinski definition) is 4. The maximum Gasteiger partial charge on any atom is 0.333 e. The lowest BCUT2D eigenvalue weighted by atomic mass is 10.1. The predicted octanol–water partition coefficient (Wildman–Crippen LogP) is 4.17. The number of sulfonamides is 1. The molecule has 3 amide bonds. The molecule has 0 spiro atoms. The van der Waals surface area contributed by atoms with E-state index >= 15 is 0 Å². The van der Waals surface area contributed by atoms with Crippen LogP contribution >= 0.6 is 0 Å². The first kappa shape index (κ1) is 26.6. The van der Waals surface area contributed by atoms with Crippen molar-refractivity contribution in [1.82, 2.24) is 10.0 Å². The number of halogens is 5. The van der Waals surface area contributed by atoms with Crippen molar-refractivity contribution in [3.05, 3.63) is 94.3 Å². The highest BCUT2D eigenvalue weighted by Crippen LogP contribution is 2.23. The lowest BCUT2D eigenvalue weighted by Gasteiger charge is -2.10. The second kappa shape index (κ2) is 10.7. The molecular weight excluding hydrogens is 509 g/mol. The number of aryl methyl sites for hydroxylation is 1. The summed E-state index contributed by atoms with van der Waals surface area (Å²) in [5.74, 6) is -12.9. The van der Waals surface area contributed by atoms with Gasteiger partial charge in [0.05, 0.1) is 4.90 Å². The molecule has 0 fully saturated rings. The standard InChI is InChI=1S/C23H18F5N3O4S/c1-12-2-6-14(7-3-12)30-23(33)31-36(34,35)15-8-4-13(5-9-15)10-11-29-22(32)16-17(24)19(26)21(28)20(27)18(16)25/h2-9H,10-11H2,1H3,(H,29,32)(H2,30,31,33). The van der Waals surface area contributed by atoms with Gasteiger partial charge in [-0.2, -0.15) is 0 Å². The Morgan fingerprint density at radius 3 is 1.86 bits per heavy atom. The molecule has 0 saturated carbocycles. The molecule has 7 nitrogen and oxygen atoms in total. The summed E-state index contributed by atoms with van der Waals surface area (Å²) in [5, 5.41) is 4.43. The van der Waals surface area contributed by atoms with E-state index in [0.717, 1.165) is 5.56 Å². The number of amides is 3. The van der Waals surface area contributed by atoms with E-state index in [4.69, 9.17) is 0 Å². The number of anilines is 1. The number of nitrogens with one attached hydrogen (secondary N) is 3. The average molecular weight is 527 g/mol. The molecule has 0 atom stereocenters. The maximum absolute atomic E-state index is 13.7. The minimum atomic E-state index is -4.21. The highest BCUT2D eigenvalue weighted by molar-refractivity contribution is 7.90. The van der Waals surface area contributed by atoms with Gasteiger partial charge in [-0.15, -0.1) is 0 Å². The summed E-state index contributed by atoms with van der Waals surface area (Å²) in [7, 11) is -4.21. The predicted molar refractivity (Wildman–Crippen MR) is 119 cm³/mol. The van der Waals surface area contributed by atoms with E-state index in [2.05, 4.69) is 5.32 Å².